The van der Waals surface area contributed by atoms with Gasteiger partial charge < -0.3 is 0 Å². The highest BCUT2D eigenvalue weighted by Gasteiger charge is 2.35. The first-order chi connectivity index (χ1) is 8.38. The van der Waals surface area contributed by atoms with Crippen LogP contribution in [0.25, 0.3) is 0 Å². The Morgan fingerprint density at radius 1 is 1.22 bits per heavy atom. The quantitative estimate of drug-likeness (QED) is 0.818. The standard InChI is InChI=1S/C11H7BrF3NOS/c12-8-3-1-7(2-4-8)5-16-9(11(13,14)15)6-18-10(16)17/h1-4,6H,5H2. The van der Waals surface area contributed by atoms with Crippen LogP contribution in [0, 0.1) is 0 Å². The lowest BCUT2D eigenvalue weighted by molar-refractivity contribution is -0.143. The maximum Gasteiger partial charge on any atom is 0.432 e. The maximum absolute atomic E-state index is 12.7. The first-order valence-corrected chi connectivity index (χ1v) is 6.55. The minimum atomic E-state index is -4.51. The van der Waals surface area contributed by atoms with Crippen molar-refractivity contribution in [3.05, 3.63) is 55.0 Å². The monoisotopic (exact) mass is 337 g/mol. The van der Waals surface area contributed by atoms with Gasteiger partial charge in [0.05, 0.1) is 6.54 Å². The zero-order chi connectivity index (χ0) is 13.3. The second kappa shape index (κ2) is 4.89. The summed E-state index contributed by atoms with van der Waals surface area (Å²) in [6, 6.07) is 6.79. The number of aromatic nitrogens is 1. The van der Waals surface area contributed by atoms with Crippen LogP contribution in [0.15, 0.2) is 38.9 Å². The van der Waals surface area contributed by atoms with Crippen molar-refractivity contribution in [3.8, 4) is 0 Å². The molecule has 0 aliphatic carbocycles. The molecule has 0 bridgehead atoms. The summed E-state index contributed by atoms with van der Waals surface area (Å²) in [5.41, 5.74) is -0.260. The predicted molar refractivity (Wildman–Crippen MR) is 66.8 cm³/mol. The van der Waals surface area contributed by atoms with Crippen LogP contribution in [-0.2, 0) is 12.7 Å². The van der Waals surface area contributed by atoms with E-state index in [2.05, 4.69) is 15.9 Å². The van der Waals surface area contributed by atoms with Crippen molar-refractivity contribution in [3.63, 3.8) is 0 Å². The third kappa shape index (κ3) is 2.84. The summed E-state index contributed by atoms with van der Waals surface area (Å²) in [6.45, 7) is -0.0789. The predicted octanol–water partition coefficient (Wildman–Crippen LogP) is 3.74. The summed E-state index contributed by atoms with van der Waals surface area (Å²) in [6.07, 6.45) is -4.51. The molecule has 96 valence electrons. The molecule has 0 amide bonds. The van der Waals surface area contributed by atoms with Crippen molar-refractivity contribution in [2.24, 2.45) is 0 Å². The van der Waals surface area contributed by atoms with Crippen molar-refractivity contribution < 1.29 is 13.2 Å². The topological polar surface area (TPSA) is 22.0 Å². The number of benzene rings is 1. The Kier molecular flexibility index (Phi) is 3.63. The molecule has 0 aliphatic rings. The Balaban J connectivity index is 2.37. The van der Waals surface area contributed by atoms with E-state index >= 15 is 0 Å². The molecule has 0 saturated carbocycles. The summed E-state index contributed by atoms with van der Waals surface area (Å²) in [4.78, 5) is 10.8. The molecule has 0 saturated heterocycles. The van der Waals surface area contributed by atoms with Crippen molar-refractivity contribution in [1.82, 2.24) is 4.57 Å². The highest BCUT2D eigenvalue weighted by molar-refractivity contribution is 9.10. The molecule has 2 nitrogen and oxygen atoms in total. The third-order valence-electron chi connectivity index (χ3n) is 2.33. The summed E-state index contributed by atoms with van der Waals surface area (Å²) in [5, 5.41) is 0.848. The van der Waals surface area contributed by atoms with Crippen LogP contribution in [0.2, 0.25) is 0 Å². The molecule has 0 N–H and O–H groups in total. The van der Waals surface area contributed by atoms with E-state index in [1.165, 1.54) is 0 Å². The van der Waals surface area contributed by atoms with Crippen molar-refractivity contribution >= 4 is 27.3 Å². The van der Waals surface area contributed by atoms with E-state index in [4.69, 9.17) is 0 Å². The number of rotatable bonds is 2. The average Bonchev–Trinajstić information content (AvgIpc) is 2.63. The number of nitrogens with zero attached hydrogens (tertiary/aromatic N) is 1. The van der Waals surface area contributed by atoms with Crippen LogP contribution in [0.4, 0.5) is 13.2 Å². The minimum Gasteiger partial charge on any atom is -0.290 e. The number of halogens is 4. The molecule has 1 aromatic heterocycles. The lowest BCUT2D eigenvalue weighted by Crippen LogP contribution is -2.21. The first kappa shape index (κ1) is 13.4. The summed E-state index contributed by atoms with van der Waals surface area (Å²) < 4.78 is 39.6. The van der Waals surface area contributed by atoms with E-state index in [1.54, 1.807) is 24.3 Å². The molecule has 0 aliphatic heterocycles. The maximum atomic E-state index is 12.7. The number of thiazole rings is 1. The van der Waals surface area contributed by atoms with Gasteiger partial charge in [-0.2, -0.15) is 13.2 Å². The molecule has 7 heteroatoms. The smallest absolute Gasteiger partial charge is 0.290 e. The Hall–Kier alpha value is -1.08. The van der Waals surface area contributed by atoms with E-state index in [-0.39, 0.29) is 6.54 Å². The molecular formula is C11H7BrF3NOS. The molecule has 0 spiro atoms. The van der Waals surface area contributed by atoms with Crippen LogP contribution in [-0.4, -0.2) is 4.57 Å². The van der Waals surface area contributed by atoms with Crippen LogP contribution in [0.5, 0.6) is 0 Å². The first-order valence-electron chi connectivity index (χ1n) is 4.88. The molecule has 18 heavy (non-hydrogen) atoms. The van der Waals surface area contributed by atoms with Gasteiger partial charge in [0.25, 0.3) is 0 Å². The van der Waals surface area contributed by atoms with Gasteiger partial charge in [0.1, 0.15) is 5.69 Å². The van der Waals surface area contributed by atoms with Crippen molar-refractivity contribution in [1.29, 1.82) is 0 Å². The van der Waals surface area contributed by atoms with E-state index < -0.39 is 16.7 Å². The number of alkyl halides is 3. The van der Waals surface area contributed by atoms with Gasteiger partial charge in [-0.1, -0.05) is 39.4 Å². The summed E-state index contributed by atoms with van der Waals surface area (Å²) in [7, 11) is 0. The van der Waals surface area contributed by atoms with Gasteiger partial charge in [-0.25, -0.2) is 0 Å². The Labute approximate surface area is 113 Å². The summed E-state index contributed by atoms with van der Waals surface area (Å²) in [5.74, 6) is 0. The lowest BCUT2D eigenvalue weighted by Gasteiger charge is -2.10. The van der Waals surface area contributed by atoms with E-state index in [0.29, 0.717) is 16.9 Å². The zero-order valence-electron chi connectivity index (χ0n) is 8.87. The lowest BCUT2D eigenvalue weighted by atomic mass is 10.2. The second-order valence-corrected chi connectivity index (χ2v) is 5.33. The molecule has 0 unspecified atom stereocenters. The zero-order valence-corrected chi connectivity index (χ0v) is 11.3. The second-order valence-electron chi connectivity index (χ2n) is 3.60. The molecule has 1 aromatic carbocycles. The van der Waals surface area contributed by atoms with Gasteiger partial charge in [-0.15, -0.1) is 0 Å². The molecule has 0 atom stereocenters. The number of hydrogen-bond acceptors (Lipinski definition) is 2. The van der Waals surface area contributed by atoms with Crippen LogP contribution >= 0.6 is 27.3 Å². The molecule has 0 radical (unpaired) electrons. The van der Waals surface area contributed by atoms with Crippen LogP contribution < -0.4 is 4.87 Å². The van der Waals surface area contributed by atoms with Gasteiger partial charge in [0.15, 0.2) is 0 Å². The van der Waals surface area contributed by atoms with Crippen LogP contribution in [0.1, 0.15) is 11.3 Å². The normalized spacial score (nSPS) is 11.8. The fraction of sp³-hybridized carbons (Fsp3) is 0.182. The highest BCUT2D eigenvalue weighted by Crippen LogP contribution is 2.29. The fourth-order valence-electron chi connectivity index (χ4n) is 1.47. The molecule has 1 heterocycles. The fourth-order valence-corrected chi connectivity index (χ4v) is 2.50. The Morgan fingerprint density at radius 2 is 1.83 bits per heavy atom. The van der Waals surface area contributed by atoms with E-state index in [0.717, 1.165) is 14.4 Å². The largest absolute Gasteiger partial charge is 0.432 e. The minimum absolute atomic E-state index is 0.0789. The van der Waals surface area contributed by atoms with Gasteiger partial charge in [0.2, 0.25) is 0 Å². The number of hydrogen-bond donors (Lipinski definition) is 0. The van der Waals surface area contributed by atoms with E-state index in [1.807, 2.05) is 0 Å². The molecule has 2 rings (SSSR count). The molecule has 0 fully saturated rings. The van der Waals surface area contributed by atoms with Gasteiger partial charge >= 0.3 is 11.0 Å². The molecule has 2 aromatic rings. The Morgan fingerprint density at radius 3 is 2.39 bits per heavy atom. The summed E-state index contributed by atoms with van der Waals surface area (Å²) >= 11 is 3.80. The van der Waals surface area contributed by atoms with Gasteiger partial charge in [-0.05, 0) is 17.7 Å². The van der Waals surface area contributed by atoms with Crippen LogP contribution in [0.3, 0.4) is 0 Å². The highest BCUT2D eigenvalue weighted by atomic mass is 79.9. The van der Waals surface area contributed by atoms with E-state index in [9.17, 15) is 18.0 Å². The van der Waals surface area contributed by atoms with Gasteiger partial charge in [0, 0.05) is 9.85 Å². The van der Waals surface area contributed by atoms with Crippen molar-refractivity contribution in [2.75, 3.05) is 0 Å². The van der Waals surface area contributed by atoms with Gasteiger partial charge in [-0.3, -0.25) is 9.36 Å². The average molecular weight is 338 g/mol. The third-order valence-corrected chi connectivity index (χ3v) is 3.62. The SMILES string of the molecule is O=c1scc(C(F)(F)F)n1Cc1ccc(Br)cc1. The van der Waals surface area contributed by atoms with Crippen molar-refractivity contribution in [2.45, 2.75) is 12.7 Å². The molecular weight excluding hydrogens is 331 g/mol. The Bertz CT molecular complexity index is 600.